The molecule has 138 valence electrons. The van der Waals surface area contributed by atoms with Crippen molar-refractivity contribution < 1.29 is 9.47 Å². The van der Waals surface area contributed by atoms with Crippen LogP contribution in [0.1, 0.15) is 16.7 Å². The van der Waals surface area contributed by atoms with Gasteiger partial charge in [0.25, 0.3) is 5.56 Å². The van der Waals surface area contributed by atoms with E-state index < -0.39 is 5.56 Å². The number of nitrogens with zero attached hydrogens (tertiary/aromatic N) is 2. The first-order valence-electron chi connectivity index (χ1n) is 8.30. The van der Waals surface area contributed by atoms with Gasteiger partial charge in [-0.1, -0.05) is 30.3 Å². The zero-order valence-electron chi connectivity index (χ0n) is 15.0. The predicted molar refractivity (Wildman–Crippen MR) is 104 cm³/mol. The number of ether oxygens (including phenoxy) is 2. The normalized spacial score (nSPS) is 9.96. The first-order valence-corrected chi connectivity index (χ1v) is 8.30. The summed E-state index contributed by atoms with van der Waals surface area (Å²) in [7, 11) is 1.58. The molecule has 1 heterocycles. The van der Waals surface area contributed by atoms with Gasteiger partial charge in [-0.15, -0.1) is 0 Å². The van der Waals surface area contributed by atoms with Gasteiger partial charge >= 0.3 is 0 Å². The molecule has 0 amide bonds. The zero-order chi connectivity index (χ0) is 20.1. The van der Waals surface area contributed by atoms with Crippen molar-refractivity contribution in [3.05, 3.63) is 75.6 Å². The van der Waals surface area contributed by atoms with Crippen LogP contribution >= 0.6 is 0 Å². The SMILES string of the molecule is COc1cccc(COc2ccccc2-c2c(C#N)c(N)[nH]c(=O)c2C#N)c1. The number of H-pyrrole nitrogens is 1. The molecule has 28 heavy (non-hydrogen) atoms. The van der Waals surface area contributed by atoms with E-state index in [1.54, 1.807) is 31.4 Å². The fraction of sp³-hybridized carbons (Fsp3) is 0.0952. The van der Waals surface area contributed by atoms with Crippen LogP contribution in [-0.4, -0.2) is 12.1 Å². The number of aromatic nitrogens is 1. The average Bonchev–Trinajstić information content (AvgIpc) is 2.72. The lowest BCUT2D eigenvalue weighted by atomic mass is 9.96. The molecule has 0 aliphatic heterocycles. The quantitative estimate of drug-likeness (QED) is 0.709. The van der Waals surface area contributed by atoms with Crippen LogP contribution in [0.4, 0.5) is 5.82 Å². The smallest absolute Gasteiger partial charge is 0.268 e. The van der Waals surface area contributed by atoms with Gasteiger partial charge in [-0.25, -0.2) is 0 Å². The Morgan fingerprint density at radius 2 is 1.82 bits per heavy atom. The van der Waals surface area contributed by atoms with E-state index in [-0.39, 0.29) is 29.1 Å². The van der Waals surface area contributed by atoms with Crippen LogP contribution in [-0.2, 0) is 6.61 Å². The number of hydrogen-bond acceptors (Lipinski definition) is 6. The zero-order valence-corrected chi connectivity index (χ0v) is 15.0. The summed E-state index contributed by atoms with van der Waals surface area (Å²) in [5, 5.41) is 19.0. The predicted octanol–water partition coefficient (Wildman–Crippen LogP) is 2.96. The Kier molecular flexibility index (Phi) is 5.29. The van der Waals surface area contributed by atoms with Gasteiger partial charge in [-0.2, -0.15) is 10.5 Å². The highest BCUT2D eigenvalue weighted by Crippen LogP contribution is 2.35. The van der Waals surface area contributed by atoms with Gasteiger partial charge in [0.2, 0.25) is 0 Å². The van der Waals surface area contributed by atoms with Gasteiger partial charge < -0.3 is 20.2 Å². The second kappa shape index (κ2) is 7.98. The van der Waals surface area contributed by atoms with Crippen LogP contribution in [0.25, 0.3) is 11.1 Å². The van der Waals surface area contributed by atoms with Crippen LogP contribution in [0.15, 0.2) is 53.3 Å². The molecule has 0 radical (unpaired) electrons. The molecule has 0 fully saturated rings. The average molecular weight is 372 g/mol. The molecule has 0 saturated carbocycles. The molecule has 0 aliphatic rings. The molecule has 7 heteroatoms. The molecule has 0 saturated heterocycles. The molecular weight excluding hydrogens is 356 g/mol. The summed E-state index contributed by atoms with van der Waals surface area (Å²) in [5.41, 5.74) is 6.45. The Labute approximate surface area is 161 Å². The summed E-state index contributed by atoms with van der Waals surface area (Å²) in [6.07, 6.45) is 0. The molecule has 2 aromatic carbocycles. The van der Waals surface area contributed by atoms with E-state index in [0.29, 0.717) is 17.1 Å². The number of para-hydroxylation sites is 1. The van der Waals surface area contributed by atoms with Crippen molar-refractivity contribution in [1.82, 2.24) is 4.98 Å². The first kappa shape index (κ1) is 18.6. The van der Waals surface area contributed by atoms with Gasteiger partial charge in [0.15, 0.2) is 0 Å². The summed E-state index contributed by atoms with van der Waals surface area (Å²) in [6, 6.07) is 18.1. The third-order valence-electron chi connectivity index (χ3n) is 4.15. The van der Waals surface area contributed by atoms with Crippen molar-refractivity contribution in [2.75, 3.05) is 12.8 Å². The summed E-state index contributed by atoms with van der Waals surface area (Å²) >= 11 is 0. The number of methoxy groups -OCH3 is 1. The van der Waals surface area contributed by atoms with E-state index in [1.165, 1.54) is 0 Å². The number of aromatic amines is 1. The number of nitrogen functional groups attached to an aromatic ring is 1. The molecule has 7 nitrogen and oxygen atoms in total. The number of nitriles is 2. The van der Waals surface area contributed by atoms with Gasteiger partial charge in [0, 0.05) is 11.1 Å². The third kappa shape index (κ3) is 3.50. The third-order valence-corrected chi connectivity index (χ3v) is 4.15. The highest BCUT2D eigenvalue weighted by molar-refractivity contribution is 5.83. The molecule has 3 rings (SSSR count). The lowest BCUT2D eigenvalue weighted by Crippen LogP contribution is -2.16. The van der Waals surface area contributed by atoms with Crippen molar-refractivity contribution in [2.45, 2.75) is 6.61 Å². The Balaban J connectivity index is 2.08. The number of anilines is 1. The molecular formula is C21H16N4O3. The van der Waals surface area contributed by atoms with Crippen molar-refractivity contribution in [3.63, 3.8) is 0 Å². The molecule has 0 unspecified atom stereocenters. The number of rotatable bonds is 5. The van der Waals surface area contributed by atoms with Gasteiger partial charge in [0.1, 0.15) is 47.2 Å². The van der Waals surface area contributed by atoms with E-state index in [0.717, 1.165) is 5.56 Å². The van der Waals surface area contributed by atoms with Crippen molar-refractivity contribution in [1.29, 1.82) is 10.5 Å². The minimum Gasteiger partial charge on any atom is -0.497 e. The Bertz CT molecular complexity index is 1170. The Morgan fingerprint density at radius 1 is 1.07 bits per heavy atom. The number of hydrogen-bond donors (Lipinski definition) is 2. The molecule has 0 spiro atoms. The van der Waals surface area contributed by atoms with Gasteiger partial charge in [0.05, 0.1) is 7.11 Å². The maximum absolute atomic E-state index is 12.2. The van der Waals surface area contributed by atoms with Gasteiger partial charge in [-0.05, 0) is 23.8 Å². The molecule has 0 atom stereocenters. The van der Waals surface area contributed by atoms with Gasteiger partial charge in [-0.3, -0.25) is 4.79 Å². The van der Waals surface area contributed by atoms with E-state index >= 15 is 0 Å². The Hall–Kier alpha value is -4.23. The van der Waals surface area contributed by atoms with Crippen LogP contribution in [0.3, 0.4) is 0 Å². The second-order valence-electron chi connectivity index (χ2n) is 5.85. The molecule has 3 N–H and O–H groups in total. The molecule has 0 bridgehead atoms. The summed E-state index contributed by atoms with van der Waals surface area (Å²) in [5.74, 6) is 1.03. The second-order valence-corrected chi connectivity index (χ2v) is 5.85. The number of pyridine rings is 1. The first-order chi connectivity index (χ1) is 13.6. The van der Waals surface area contributed by atoms with E-state index in [9.17, 15) is 15.3 Å². The fourth-order valence-electron chi connectivity index (χ4n) is 2.84. The van der Waals surface area contributed by atoms with Crippen molar-refractivity contribution in [3.8, 4) is 34.8 Å². The van der Waals surface area contributed by atoms with Crippen molar-refractivity contribution >= 4 is 5.82 Å². The van der Waals surface area contributed by atoms with Crippen LogP contribution in [0, 0.1) is 22.7 Å². The minimum absolute atomic E-state index is 0.0218. The molecule has 1 aromatic heterocycles. The monoisotopic (exact) mass is 372 g/mol. The summed E-state index contributed by atoms with van der Waals surface area (Å²) in [4.78, 5) is 14.5. The maximum Gasteiger partial charge on any atom is 0.268 e. The highest BCUT2D eigenvalue weighted by Gasteiger charge is 2.20. The van der Waals surface area contributed by atoms with E-state index in [2.05, 4.69) is 4.98 Å². The molecule has 3 aromatic rings. The van der Waals surface area contributed by atoms with Crippen LogP contribution in [0.2, 0.25) is 0 Å². The standard InChI is InChI=1S/C21H16N4O3/c1-27-14-6-4-5-13(9-14)12-28-18-8-3-2-7-15(18)19-16(10-22)20(24)25-21(26)17(19)11-23/h2-9H,12H2,1H3,(H3,24,25,26). The molecule has 0 aliphatic carbocycles. The number of nitrogens with two attached hydrogens (primary N) is 1. The highest BCUT2D eigenvalue weighted by atomic mass is 16.5. The van der Waals surface area contributed by atoms with Crippen LogP contribution < -0.4 is 20.8 Å². The van der Waals surface area contributed by atoms with E-state index in [4.69, 9.17) is 15.2 Å². The number of nitrogens with one attached hydrogen (secondary N) is 1. The fourth-order valence-corrected chi connectivity index (χ4v) is 2.84. The maximum atomic E-state index is 12.2. The number of benzene rings is 2. The lowest BCUT2D eigenvalue weighted by molar-refractivity contribution is 0.306. The topological polar surface area (TPSA) is 125 Å². The largest absolute Gasteiger partial charge is 0.497 e. The Morgan fingerprint density at radius 3 is 2.54 bits per heavy atom. The summed E-state index contributed by atoms with van der Waals surface area (Å²) in [6.45, 7) is 0.233. The van der Waals surface area contributed by atoms with Crippen LogP contribution in [0.5, 0.6) is 11.5 Å². The summed E-state index contributed by atoms with van der Waals surface area (Å²) < 4.78 is 11.1. The minimum atomic E-state index is -0.656. The lowest BCUT2D eigenvalue weighted by Gasteiger charge is -2.14. The van der Waals surface area contributed by atoms with E-state index in [1.807, 2.05) is 36.4 Å². The van der Waals surface area contributed by atoms with Crippen molar-refractivity contribution in [2.24, 2.45) is 0 Å².